The number of carbonyl (C=O) groups excluding carboxylic acids is 1. The Morgan fingerprint density at radius 1 is 0.906 bits per heavy atom. The molecule has 1 amide bonds. The average molecular weight is 460 g/mol. The molecule has 2 aliphatic rings. The van der Waals surface area contributed by atoms with E-state index >= 15 is 0 Å². The SMILES string of the molecule is O=C(Nc1cc(-c2ccc(Cl)cc2)cc(C(F)(F)F)c1)C1(c2ccc3c(c2)OCO3)CC1. The number of hydrogen-bond acceptors (Lipinski definition) is 3. The van der Waals surface area contributed by atoms with Gasteiger partial charge in [0, 0.05) is 10.7 Å². The van der Waals surface area contributed by atoms with Gasteiger partial charge in [-0.3, -0.25) is 4.79 Å². The summed E-state index contributed by atoms with van der Waals surface area (Å²) < 4.78 is 51.3. The van der Waals surface area contributed by atoms with Gasteiger partial charge in [-0.1, -0.05) is 29.8 Å². The molecule has 8 heteroatoms. The summed E-state index contributed by atoms with van der Waals surface area (Å²) in [6, 6.07) is 15.3. The van der Waals surface area contributed by atoms with Crippen LogP contribution in [0.1, 0.15) is 24.0 Å². The number of rotatable bonds is 4. The number of anilines is 1. The Kier molecular flexibility index (Phi) is 4.82. The second-order valence-electron chi connectivity index (χ2n) is 7.91. The van der Waals surface area contributed by atoms with E-state index in [1.54, 1.807) is 42.5 Å². The Labute approximate surface area is 186 Å². The van der Waals surface area contributed by atoms with Gasteiger partial charge in [-0.15, -0.1) is 0 Å². The topological polar surface area (TPSA) is 47.6 Å². The van der Waals surface area contributed by atoms with Crippen molar-refractivity contribution in [3.8, 4) is 22.6 Å². The summed E-state index contributed by atoms with van der Waals surface area (Å²) in [5.74, 6) is 0.818. The Hall–Kier alpha value is -3.19. The molecule has 0 spiro atoms. The quantitative estimate of drug-likeness (QED) is 0.489. The van der Waals surface area contributed by atoms with E-state index in [1.807, 2.05) is 0 Å². The molecule has 1 aliphatic carbocycles. The first-order valence-corrected chi connectivity index (χ1v) is 10.3. The molecule has 1 N–H and O–H groups in total. The average Bonchev–Trinajstić information content (AvgIpc) is 3.44. The van der Waals surface area contributed by atoms with E-state index in [2.05, 4.69) is 5.32 Å². The van der Waals surface area contributed by atoms with Crippen molar-refractivity contribution >= 4 is 23.2 Å². The number of amides is 1. The molecule has 0 radical (unpaired) electrons. The van der Waals surface area contributed by atoms with E-state index < -0.39 is 17.2 Å². The molecule has 0 unspecified atom stereocenters. The standard InChI is InChI=1S/C24H17ClF3NO3/c25-18-4-1-14(2-5-18)15-9-17(24(26,27)28)11-19(10-15)29-22(30)23(7-8-23)16-3-6-20-21(12-16)32-13-31-20/h1-6,9-12H,7-8,13H2,(H,29,30). The predicted molar refractivity (Wildman–Crippen MR) is 114 cm³/mol. The fourth-order valence-corrected chi connectivity index (χ4v) is 4.02. The molecule has 1 saturated carbocycles. The minimum Gasteiger partial charge on any atom is -0.454 e. The zero-order valence-electron chi connectivity index (χ0n) is 16.6. The number of nitrogens with one attached hydrogen (secondary N) is 1. The van der Waals surface area contributed by atoms with Crippen molar-refractivity contribution in [2.45, 2.75) is 24.4 Å². The van der Waals surface area contributed by atoms with Crippen LogP contribution in [0.4, 0.5) is 18.9 Å². The summed E-state index contributed by atoms with van der Waals surface area (Å²) in [4.78, 5) is 13.2. The Balaban J connectivity index is 1.47. The molecule has 4 nitrogen and oxygen atoms in total. The molecule has 3 aromatic rings. The van der Waals surface area contributed by atoms with E-state index in [1.165, 1.54) is 6.07 Å². The van der Waals surface area contributed by atoms with Crippen molar-refractivity contribution in [3.05, 3.63) is 76.8 Å². The van der Waals surface area contributed by atoms with Crippen LogP contribution in [0.25, 0.3) is 11.1 Å². The monoisotopic (exact) mass is 459 g/mol. The van der Waals surface area contributed by atoms with E-state index in [0.717, 1.165) is 17.7 Å². The van der Waals surface area contributed by atoms with Gasteiger partial charge >= 0.3 is 6.18 Å². The molecule has 1 fully saturated rings. The number of alkyl halides is 3. The van der Waals surface area contributed by atoms with Crippen LogP contribution >= 0.6 is 11.6 Å². The third-order valence-corrected chi connectivity index (χ3v) is 6.06. The van der Waals surface area contributed by atoms with Crippen LogP contribution < -0.4 is 14.8 Å². The normalized spacial score (nSPS) is 16.0. The first-order valence-electron chi connectivity index (χ1n) is 9.94. The lowest BCUT2D eigenvalue weighted by Crippen LogP contribution is -2.28. The number of ether oxygens (including phenoxy) is 2. The summed E-state index contributed by atoms with van der Waals surface area (Å²) in [5, 5.41) is 3.19. The number of benzene rings is 3. The summed E-state index contributed by atoms with van der Waals surface area (Å²) in [7, 11) is 0. The fraction of sp³-hybridized carbons (Fsp3) is 0.208. The highest BCUT2D eigenvalue weighted by Crippen LogP contribution is 2.51. The van der Waals surface area contributed by atoms with E-state index in [-0.39, 0.29) is 18.4 Å². The third-order valence-electron chi connectivity index (χ3n) is 5.81. The third kappa shape index (κ3) is 3.77. The van der Waals surface area contributed by atoms with Crippen molar-refractivity contribution in [1.82, 2.24) is 0 Å². The van der Waals surface area contributed by atoms with Gasteiger partial charge in [0.15, 0.2) is 11.5 Å². The molecule has 5 rings (SSSR count). The number of carbonyl (C=O) groups is 1. The molecule has 1 heterocycles. The molecular formula is C24H17ClF3NO3. The lowest BCUT2D eigenvalue weighted by Gasteiger charge is -2.18. The highest BCUT2D eigenvalue weighted by atomic mass is 35.5. The maximum atomic E-state index is 13.5. The zero-order chi connectivity index (χ0) is 22.5. The van der Waals surface area contributed by atoms with Crippen LogP contribution in [-0.4, -0.2) is 12.7 Å². The minimum absolute atomic E-state index is 0.0850. The Morgan fingerprint density at radius 3 is 2.31 bits per heavy atom. The van der Waals surface area contributed by atoms with Crippen LogP contribution in [0.15, 0.2) is 60.7 Å². The second kappa shape index (κ2) is 7.45. The van der Waals surface area contributed by atoms with Crippen molar-refractivity contribution in [2.24, 2.45) is 0 Å². The largest absolute Gasteiger partial charge is 0.454 e. The van der Waals surface area contributed by atoms with Crippen LogP contribution in [0.5, 0.6) is 11.5 Å². The smallest absolute Gasteiger partial charge is 0.416 e. The Bertz CT molecular complexity index is 1200. The highest BCUT2D eigenvalue weighted by molar-refractivity contribution is 6.30. The summed E-state index contributed by atoms with van der Waals surface area (Å²) in [5.41, 5.74) is 0.0992. The van der Waals surface area contributed by atoms with E-state index in [4.69, 9.17) is 21.1 Å². The van der Waals surface area contributed by atoms with Crippen LogP contribution in [0.3, 0.4) is 0 Å². The van der Waals surface area contributed by atoms with Crippen molar-refractivity contribution in [3.63, 3.8) is 0 Å². The van der Waals surface area contributed by atoms with E-state index in [0.29, 0.717) is 40.5 Å². The lowest BCUT2D eigenvalue weighted by molar-refractivity contribution is -0.137. The number of halogens is 4. The van der Waals surface area contributed by atoms with Gasteiger partial charge in [0.2, 0.25) is 12.7 Å². The van der Waals surface area contributed by atoms with E-state index in [9.17, 15) is 18.0 Å². The summed E-state index contributed by atoms with van der Waals surface area (Å²) in [6.45, 7) is 0.121. The number of fused-ring (bicyclic) bond motifs is 1. The molecule has 0 saturated heterocycles. The van der Waals surface area contributed by atoms with Gasteiger partial charge in [-0.2, -0.15) is 13.2 Å². The maximum absolute atomic E-state index is 13.5. The summed E-state index contributed by atoms with van der Waals surface area (Å²) in [6.07, 6.45) is -3.36. The van der Waals surface area contributed by atoms with Crippen molar-refractivity contribution < 1.29 is 27.4 Å². The first-order chi connectivity index (χ1) is 15.2. The van der Waals surface area contributed by atoms with Gasteiger partial charge in [0.1, 0.15) is 0 Å². The van der Waals surface area contributed by atoms with Gasteiger partial charge in [0.25, 0.3) is 0 Å². The fourth-order valence-electron chi connectivity index (χ4n) is 3.89. The van der Waals surface area contributed by atoms with Crippen LogP contribution in [0, 0.1) is 0 Å². The molecule has 0 aromatic heterocycles. The van der Waals surface area contributed by atoms with Gasteiger partial charge in [-0.05, 0) is 72.0 Å². The van der Waals surface area contributed by atoms with Crippen molar-refractivity contribution in [1.29, 1.82) is 0 Å². The molecule has 3 aromatic carbocycles. The van der Waals surface area contributed by atoms with Crippen LogP contribution in [-0.2, 0) is 16.4 Å². The molecule has 164 valence electrons. The zero-order valence-corrected chi connectivity index (χ0v) is 17.4. The first kappa shape index (κ1) is 20.7. The second-order valence-corrected chi connectivity index (χ2v) is 8.34. The summed E-state index contributed by atoms with van der Waals surface area (Å²) >= 11 is 5.90. The molecule has 32 heavy (non-hydrogen) atoms. The molecule has 0 atom stereocenters. The van der Waals surface area contributed by atoms with Gasteiger partial charge < -0.3 is 14.8 Å². The van der Waals surface area contributed by atoms with Crippen LogP contribution in [0.2, 0.25) is 5.02 Å². The van der Waals surface area contributed by atoms with Crippen molar-refractivity contribution in [2.75, 3.05) is 12.1 Å². The highest BCUT2D eigenvalue weighted by Gasteiger charge is 2.51. The lowest BCUT2D eigenvalue weighted by atomic mass is 9.94. The van der Waals surface area contributed by atoms with Gasteiger partial charge in [-0.25, -0.2) is 0 Å². The maximum Gasteiger partial charge on any atom is 0.416 e. The number of hydrogen-bond donors (Lipinski definition) is 1. The molecule has 0 bridgehead atoms. The Morgan fingerprint density at radius 2 is 1.62 bits per heavy atom. The molecule has 1 aliphatic heterocycles. The van der Waals surface area contributed by atoms with Gasteiger partial charge in [0.05, 0.1) is 11.0 Å². The minimum atomic E-state index is -4.56. The predicted octanol–water partition coefficient (Wildman–Crippen LogP) is 6.42. The molecular weight excluding hydrogens is 443 g/mol.